The van der Waals surface area contributed by atoms with Crippen molar-refractivity contribution in [3.05, 3.63) is 0 Å². The summed E-state index contributed by atoms with van der Waals surface area (Å²) >= 11 is 0. The summed E-state index contributed by atoms with van der Waals surface area (Å²) in [6.07, 6.45) is 0.633. The van der Waals surface area contributed by atoms with Crippen molar-refractivity contribution in [3.8, 4) is 6.07 Å². The van der Waals surface area contributed by atoms with Crippen molar-refractivity contribution < 1.29 is 14.6 Å². The Bertz CT molecular complexity index is 178. The largest absolute Gasteiger partial charge is 0.835 e. The van der Waals surface area contributed by atoms with E-state index in [2.05, 4.69) is 0 Å². The van der Waals surface area contributed by atoms with Crippen LogP contribution >= 0.6 is 0 Å². The van der Waals surface area contributed by atoms with Gasteiger partial charge in [-0.2, -0.15) is 5.26 Å². The molecule has 0 heterocycles. The van der Waals surface area contributed by atoms with Crippen molar-refractivity contribution >= 4 is 0 Å². The molecule has 0 radical (unpaired) electrons. The molecular formula is C10H18NO3-. The molecule has 0 saturated heterocycles. The van der Waals surface area contributed by atoms with Gasteiger partial charge in [-0.15, -0.1) is 0 Å². The Hall–Kier alpha value is -0.630. The Morgan fingerprint density at radius 1 is 1.29 bits per heavy atom. The standard InChI is InChI=1S/C10H18NO3/c1-4-6-13-9(14-7-5-2)10(3,12)8-11/h9H,4-7H2,1-3H3/q-1/t10-/m0/s1. The van der Waals surface area contributed by atoms with Gasteiger partial charge in [-0.1, -0.05) is 20.8 Å². The quantitative estimate of drug-likeness (QED) is 0.570. The maximum absolute atomic E-state index is 11.6. The van der Waals surface area contributed by atoms with Crippen LogP contribution in [-0.2, 0) is 9.47 Å². The van der Waals surface area contributed by atoms with Gasteiger partial charge in [-0.25, -0.2) is 0 Å². The highest BCUT2D eigenvalue weighted by molar-refractivity contribution is 4.97. The Kier molecular flexibility index (Phi) is 6.46. The summed E-state index contributed by atoms with van der Waals surface area (Å²) in [4.78, 5) is 0. The normalized spacial score (nSPS) is 15.1. The van der Waals surface area contributed by atoms with Crippen LogP contribution in [0.2, 0.25) is 0 Å². The molecule has 0 spiro atoms. The minimum atomic E-state index is -1.83. The lowest BCUT2D eigenvalue weighted by Crippen LogP contribution is -2.52. The highest BCUT2D eigenvalue weighted by Crippen LogP contribution is 2.11. The molecule has 0 aliphatic carbocycles. The molecule has 0 amide bonds. The lowest BCUT2D eigenvalue weighted by Gasteiger charge is -2.36. The predicted molar refractivity (Wildman–Crippen MR) is 50.3 cm³/mol. The Balaban J connectivity index is 4.17. The summed E-state index contributed by atoms with van der Waals surface area (Å²) in [5, 5.41) is 20.2. The zero-order valence-electron chi connectivity index (χ0n) is 9.08. The van der Waals surface area contributed by atoms with Crippen LogP contribution in [0, 0.1) is 11.3 Å². The molecule has 82 valence electrons. The van der Waals surface area contributed by atoms with Gasteiger partial charge in [0.1, 0.15) is 0 Å². The van der Waals surface area contributed by atoms with Crippen molar-refractivity contribution in [2.24, 2.45) is 0 Å². The molecule has 14 heavy (non-hydrogen) atoms. The number of hydrogen-bond acceptors (Lipinski definition) is 4. The van der Waals surface area contributed by atoms with Gasteiger partial charge in [0.25, 0.3) is 0 Å². The first kappa shape index (κ1) is 13.4. The molecule has 0 aromatic heterocycles. The van der Waals surface area contributed by atoms with Crippen LogP contribution in [0.15, 0.2) is 0 Å². The highest BCUT2D eigenvalue weighted by atomic mass is 16.7. The van der Waals surface area contributed by atoms with Crippen LogP contribution in [0.1, 0.15) is 33.6 Å². The SMILES string of the molecule is CCCOC(OCCC)[C@@](C)([O-])C#N. The Morgan fingerprint density at radius 3 is 2.00 bits per heavy atom. The second-order valence-electron chi connectivity index (χ2n) is 3.29. The lowest BCUT2D eigenvalue weighted by atomic mass is 10.1. The zero-order chi connectivity index (χ0) is 11.0. The van der Waals surface area contributed by atoms with Gasteiger partial charge in [-0.3, -0.25) is 0 Å². The smallest absolute Gasteiger partial charge is 0.160 e. The van der Waals surface area contributed by atoms with Gasteiger partial charge in [0, 0.05) is 18.8 Å². The van der Waals surface area contributed by atoms with E-state index in [1.807, 2.05) is 13.8 Å². The molecule has 0 aliphatic rings. The summed E-state index contributed by atoms with van der Waals surface area (Å²) in [5.41, 5.74) is -1.83. The van der Waals surface area contributed by atoms with Gasteiger partial charge in [0.05, 0.1) is 6.07 Å². The summed E-state index contributed by atoms with van der Waals surface area (Å²) in [6.45, 7) is 6.03. The van der Waals surface area contributed by atoms with Crippen LogP contribution in [0.25, 0.3) is 0 Å². The average Bonchev–Trinajstić information content (AvgIpc) is 2.17. The van der Waals surface area contributed by atoms with Crippen LogP contribution in [0.5, 0.6) is 0 Å². The molecule has 0 rings (SSSR count). The molecule has 4 nitrogen and oxygen atoms in total. The van der Waals surface area contributed by atoms with Gasteiger partial charge in [0.15, 0.2) is 6.29 Å². The van der Waals surface area contributed by atoms with Crippen molar-refractivity contribution in [1.82, 2.24) is 0 Å². The van der Waals surface area contributed by atoms with Gasteiger partial charge < -0.3 is 14.6 Å². The fourth-order valence-corrected chi connectivity index (χ4v) is 0.869. The fraction of sp³-hybridized carbons (Fsp3) is 0.900. The molecule has 0 unspecified atom stereocenters. The van der Waals surface area contributed by atoms with E-state index in [9.17, 15) is 5.11 Å². The summed E-state index contributed by atoms with van der Waals surface area (Å²) in [5.74, 6) is 0. The molecule has 4 heteroatoms. The predicted octanol–water partition coefficient (Wildman–Crippen LogP) is 0.808. The van der Waals surface area contributed by atoms with E-state index in [1.165, 1.54) is 6.92 Å². The lowest BCUT2D eigenvalue weighted by molar-refractivity contribution is -0.492. The van der Waals surface area contributed by atoms with Crippen molar-refractivity contribution in [1.29, 1.82) is 5.26 Å². The van der Waals surface area contributed by atoms with E-state index < -0.39 is 11.9 Å². The number of nitriles is 1. The molecule has 0 aliphatic heterocycles. The molecule has 0 bridgehead atoms. The van der Waals surface area contributed by atoms with Crippen LogP contribution < -0.4 is 5.11 Å². The maximum atomic E-state index is 11.6. The summed E-state index contributed by atoms with van der Waals surface area (Å²) in [7, 11) is 0. The number of ether oxygens (including phenoxy) is 2. The average molecular weight is 200 g/mol. The molecule has 0 aromatic carbocycles. The zero-order valence-corrected chi connectivity index (χ0v) is 9.08. The first-order valence-electron chi connectivity index (χ1n) is 4.93. The molecule has 0 N–H and O–H groups in total. The van der Waals surface area contributed by atoms with E-state index >= 15 is 0 Å². The number of hydrogen-bond donors (Lipinski definition) is 0. The topological polar surface area (TPSA) is 65.3 Å². The maximum Gasteiger partial charge on any atom is 0.160 e. The van der Waals surface area contributed by atoms with Gasteiger partial charge in [-0.05, 0) is 12.8 Å². The summed E-state index contributed by atoms with van der Waals surface area (Å²) in [6, 6.07) is 1.65. The molecule has 0 saturated carbocycles. The van der Waals surface area contributed by atoms with Gasteiger partial charge >= 0.3 is 0 Å². The first-order valence-corrected chi connectivity index (χ1v) is 4.93. The Labute approximate surface area is 85.4 Å². The molecular weight excluding hydrogens is 182 g/mol. The van der Waals surface area contributed by atoms with E-state index in [4.69, 9.17) is 14.7 Å². The second-order valence-corrected chi connectivity index (χ2v) is 3.29. The van der Waals surface area contributed by atoms with Crippen LogP contribution in [0.4, 0.5) is 0 Å². The first-order chi connectivity index (χ1) is 6.58. The van der Waals surface area contributed by atoms with Crippen molar-refractivity contribution in [2.75, 3.05) is 13.2 Å². The van der Waals surface area contributed by atoms with Gasteiger partial charge in [0.2, 0.25) is 0 Å². The fourth-order valence-electron chi connectivity index (χ4n) is 0.869. The number of rotatable bonds is 7. The highest BCUT2D eigenvalue weighted by Gasteiger charge is 2.24. The molecule has 0 fully saturated rings. The molecule has 1 atom stereocenters. The second kappa shape index (κ2) is 6.77. The minimum absolute atomic E-state index is 0.438. The van der Waals surface area contributed by atoms with Crippen LogP contribution in [0.3, 0.4) is 0 Å². The van der Waals surface area contributed by atoms with Crippen molar-refractivity contribution in [3.63, 3.8) is 0 Å². The van der Waals surface area contributed by atoms with E-state index in [-0.39, 0.29) is 0 Å². The monoisotopic (exact) mass is 200 g/mol. The van der Waals surface area contributed by atoms with E-state index in [0.717, 1.165) is 12.8 Å². The third kappa shape index (κ3) is 4.56. The van der Waals surface area contributed by atoms with E-state index in [0.29, 0.717) is 13.2 Å². The third-order valence-corrected chi connectivity index (χ3v) is 1.62. The number of nitrogens with zero attached hydrogens (tertiary/aromatic N) is 1. The van der Waals surface area contributed by atoms with E-state index in [1.54, 1.807) is 6.07 Å². The molecule has 0 aromatic rings. The summed E-state index contributed by atoms with van der Waals surface area (Å²) < 4.78 is 10.4. The third-order valence-electron chi connectivity index (χ3n) is 1.62. The van der Waals surface area contributed by atoms with Crippen LogP contribution in [-0.4, -0.2) is 25.1 Å². The van der Waals surface area contributed by atoms with Crippen molar-refractivity contribution in [2.45, 2.75) is 45.5 Å². The minimum Gasteiger partial charge on any atom is -0.835 e. The Morgan fingerprint density at radius 2 is 1.71 bits per heavy atom.